The summed E-state index contributed by atoms with van der Waals surface area (Å²) in [5, 5.41) is 0. The number of carbonyl (C=O) groups excluding carboxylic acids is 4. The molecule has 1 aliphatic heterocycles. The van der Waals surface area contributed by atoms with E-state index < -0.39 is 0 Å². The molecule has 0 atom stereocenters. The van der Waals surface area contributed by atoms with Crippen LogP contribution < -0.4 is 0 Å². The van der Waals surface area contributed by atoms with Crippen LogP contribution in [0.5, 0.6) is 0 Å². The molecule has 0 radical (unpaired) electrons. The van der Waals surface area contributed by atoms with E-state index >= 15 is 0 Å². The number of fused-ring (bicyclic) bond motifs is 1. The van der Waals surface area contributed by atoms with Crippen LogP contribution in [0.2, 0.25) is 0 Å². The Labute approximate surface area is 158 Å². The maximum absolute atomic E-state index is 12.4. The van der Waals surface area contributed by atoms with Crippen LogP contribution in [0, 0.1) is 0 Å². The molecule has 0 fully saturated rings. The van der Waals surface area contributed by atoms with Crippen LogP contribution in [0.3, 0.4) is 0 Å². The molecule has 7 nitrogen and oxygen atoms in total. The van der Waals surface area contributed by atoms with Gasteiger partial charge in [-0.25, -0.2) is 0 Å². The predicted octanol–water partition coefficient (Wildman–Crippen LogP) is 2.03. The first kappa shape index (κ1) is 20.4. The smallest absolute Gasteiger partial charge is 0.307 e. The quantitative estimate of drug-likeness (QED) is 0.356. The first-order valence-electron chi connectivity index (χ1n) is 8.99. The first-order chi connectivity index (χ1) is 13.0. The van der Waals surface area contributed by atoms with Crippen molar-refractivity contribution in [1.82, 2.24) is 9.80 Å². The zero-order valence-corrected chi connectivity index (χ0v) is 15.5. The minimum absolute atomic E-state index is 0.117. The van der Waals surface area contributed by atoms with E-state index in [-0.39, 0.29) is 49.6 Å². The molecule has 0 unspecified atom stereocenters. The van der Waals surface area contributed by atoms with Crippen molar-refractivity contribution in [1.29, 1.82) is 0 Å². The third-order valence-electron chi connectivity index (χ3n) is 4.24. The van der Waals surface area contributed by atoms with Gasteiger partial charge < -0.3 is 9.64 Å². The van der Waals surface area contributed by atoms with Crippen molar-refractivity contribution in [2.75, 3.05) is 26.2 Å². The number of ether oxygens (including phenoxy) is 1. The van der Waals surface area contributed by atoms with Gasteiger partial charge in [0.05, 0.1) is 24.2 Å². The lowest BCUT2D eigenvalue weighted by Gasteiger charge is -2.21. The minimum Gasteiger partial charge on any atom is -0.466 e. The van der Waals surface area contributed by atoms with E-state index in [4.69, 9.17) is 4.74 Å². The highest BCUT2D eigenvalue weighted by atomic mass is 16.5. The third kappa shape index (κ3) is 5.03. The fraction of sp³-hybridized carbons (Fsp3) is 0.400. The zero-order valence-electron chi connectivity index (χ0n) is 15.5. The van der Waals surface area contributed by atoms with Gasteiger partial charge >= 0.3 is 5.97 Å². The van der Waals surface area contributed by atoms with Gasteiger partial charge in [-0.05, 0) is 25.5 Å². The molecule has 1 aliphatic rings. The lowest BCUT2D eigenvalue weighted by molar-refractivity contribution is -0.144. The predicted molar refractivity (Wildman–Crippen MR) is 99.1 cm³/mol. The molecule has 1 aromatic carbocycles. The number of hydrogen-bond donors (Lipinski definition) is 0. The van der Waals surface area contributed by atoms with Gasteiger partial charge in [-0.15, -0.1) is 6.58 Å². The Balaban J connectivity index is 1.85. The summed E-state index contributed by atoms with van der Waals surface area (Å²) >= 11 is 0. The lowest BCUT2D eigenvalue weighted by atomic mass is 10.1. The van der Waals surface area contributed by atoms with Crippen LogP contribution in [0.4, 0.5) is 0 Å². The molecule has 0 saturated carbocycles. The number of nitrogens with zero attached hydrogens (tertiary/aromatic N) is 2. The number of benzene rings is 1. The molecule has 0 aliphatic carbocycles. The lowest BCUT2D eigenvalue weighted by Crippen LogP contribution is -2.35. The van der Waals surface area contributed by atoms with Crippen molar-refractivity contribution in [2.24, 2.45) is 0 Å². The van der Waals surface area contributed by atoms with Gasteiger partial charge in [0.2, 0.25) is 5.91 Å². The van der Waals surface area contributed by atoms with Crippen LogP contribution in [-0.2, 0) is 14.3 Å². The van der Waals surface area contributed by atoms with E-state index in [0.717, 1.165) is 0 Å². The van der Waals surface area contributed by atoms with E-state index in [0.29, 0.717) is 30.7 Å². The number of imide groups is 1. The van der Waals surface area contributed by atoms with Crippen LogP contribution in [-0.4, -0.2) is 59.7 Å². The molecule has 3 amide bonds. The van der Waals surface area contributed by atoms with Crippen LogP contribution in [0.25, 0.3) is 0 Å². The van der Waals surface area contributed by atoms with Gasteiger partial charge in [0, 0.05) is 26.1 Å². The molecule has 0 N–H and O–H groups in total. The Kier molecular flexibility index (Phi) is 7.28. The molecular formula is C20H24N2O5. The van der Waals surface area contributed by atoms with E-state index in [1.54, 1.807) is 37.3 Å². The molecule has 2 rings (SSSR count). The Bertz CT molecular complexity index is 709. The first-order valence-corrected chi connectivity index (χ1v) is 8.99. The Morgan fingerprint density at radius 3 is 2.33 bits per heavy atom. The van der Waals surface area contributed by atoms with Gasteiger partial charge in [0.25, 0.3) is 11.8 Å². The number of rotatable bonds is 10. The van der Waals surface area contributed by atoms with Crippen molar-refractivity contribution in [3.63, 3.8) is 0 Å². The van der Waals surface area contributed by atoms with Gasteiger partial charge in [0.15, 0.2) is 0 Å². The zero-order chi connectivity index (χ0) is 19.8. The second-order valence-electron chi connectivity index (χ2n) is 6.09. The highest BCUT2D eigenvalue weighted by molar-refractivity contribution is 6.21. The average Bonchev–Trinajstić information content (AvgIpc) is 2.90. The second-order valence-corrected chi connectivity index (χ2v) is 6.09. The Hall–Kier alpha value is -2.96. The summed E-state index contributed by atoms with van der Waals surface area (Å²) in [5.74, 6) is -1.16. The van der Waals surface area contributed by atoms with Crippen LogP contribution >= 0.6 is 0 Å². The summed E-state index contributed by atoms with van der Waals surface area (Å²) < 4.78 is 4.87. The monoisotopic (exact) mass is 372 g/mol. The van der Waals surface area contributed by atoms with Crippen molar-refractivity contribution >= 4 is 23.7 Å². The van der Waals surface area contributed by atoms with E-state index in [9.17, 15) is 19.2 Å². The third-order valence-corrected chi connectivity index (χ3v) is 4.24. The molecule has 0 spiro atoms. The topological polar surface area (TPSA) is 84.0 Å². The van der Waals surface area contributed by atoms with Crippen LogP contribution in [0.1, 0.15) is 46.9 Å². The van der Waals surface area contributed by atoms with Crippen molar-refractivity contribution < 1.29 is 23.9 Å². The largest absolute Gasteiger partial charge is 0.466 e. The van der Waals surface area contributed by atoms with Crippen molar-refractivity contribution in [3.8, 4) is 0 Å². The second kappa shape index (κ2) is 9.66. The highest BCUT2D eigenvalue weighted by Crippen LogP contribution is 2.22. The summed E-state index contributed by atoms with van der Waals surface area (Å²) in [7, 11) is 0. The highest BCUT2D eigenvalue weighted by Gasteiger charge is 2.34. The van der Waals surface area contributed by atoms with Gasteiger partial charge in [-0.1, -0.05) is 18.2 Å². The SMILES string of the molecule is C=CCN(CCC(=O)OCC)C(=O)CCCN1C(=O)c2ccccc2C1=O. The molecule has 0 bridgehead atoms. The van der Waals surface area contributed by atoms with Gasteiger partial charge in [0.1, 0.15) is 0 Å². The molecule has 27 heavy (non-hydrogen) atoms. The number of carbonyl (C=O) groups is 4. The standard InChI is InChI=1S/C20H24N2O5/c1-3-12-21(14-11-18(24)27-4-2)17(23)10-7-13-22-19(25)15-8-5-6-9-16(15)20(22)26/h3,5-6,8-9H,1,4,7,10-14H2,2H3. The molecule has 1 heterocycles. The van der Waals surface area contributed by atoms with E-state index in [1.807, 2.05) is 0 Å². The summed E-state index contributed by atoms with van der Waals surface area (Å²) in [5.41, 5.74) is 0.799. The van der Waals surface area contributed by atoms with Gasteiger partial charge in [-0.2, -0.15) is 0 Å². The fourth-order valence-corrected chi connectivity index (χ4v) is 2.92. The number of esters is 1. The normalized spacial score (nSPS) is 12.7. The summed E-state index contributed by atoms with van der Waals surface area (Å²) in [6.07, 6.45) is 2.24. The van der Waals surface area contributed by atoms with Gasteiger partial charge in [-0.3, -0.25) is 24.1 Å². The number of hydrogen-bond acceptors (Lipinski definition) is 5. The maximum atomic E-state index is 12.4. The van der Waals surface area contributed by atoms with Crippen molar-refractivity contribution in [3.05, 3.63) is 48.0 Å². The molecule has 0 aromatic heterocycles. The summed E-state index contributed by atoms with van der Waals surface area (Å²) in [6, 6.07) is 6.69. The minimum atomic E-state index is -0.356. The Morgan fingerprint density at radius 1 is 1.15 bits per heavy atom. The van der Waals surface area contributed by atoms with E-state index in [2.05, 4.69) is 6.58 Å². The summed E-state index contributed by atoms with van der Waals surface area (Å²) in [6.45, 7) is 6.40. The molecular weight excluding hydrogens is 348 g/mol. The molecule has 144 valence electrons. The maximum Gasteiger partial charge on any atom is 0.307 e. The Morgan fingerprint density at radius 2 is 1.78 bits per heavy atom. The van der Waals surface area contributed by atoms with Crippen molar-refractivity contribution in [2.45, 2.75) is 26.2 Å². The fourth-order valence-electron chi connectivity index (χ4n) is 2.92. The van der Waals surface area contributed by atoms with E-state index in [1.165, 1.54) is 9.80 Å². The number of amides is 3. The van der Waals surface area contributed by atoms with Crippen LogP contribution in [0.15, 0.2) is 36.9 Å². The molecule has 7 heteroatoms. The molecule has 0 saturated heterocycles. The summed E-state index contributed by atoms with van der Waals surface area (Å²) in [4.78, 5) is 51.2. The molecule has 1 aromatic rings. The average molecular weight is 372 g/mol.